The van der Waals surface area contributed by atoms with Crippen molar-refractivity contribution in [2.45, 2.75) is 32.2 Å². The fourth-order valence-corrected chi connectivity index (χ4v) is 5.11. The summed E-state index contributed by atoms with van der Waals surface area (Å²) in [4.78, 5) is 47.8. The van der Waals surface area contributed by atoms with Crippen LogP contribution in [0.15, 0.2) is 36.4 Å². The number of ether oxygens (including phenoxy) is 2. The van der Waals surface area contributed by atoms with E-state index in [1.165, 1.54) is 50.4 Å². The third-order valence-electron chi connectivity index (χ3n) is 5.78. The number of nitrogens with zero attached hydrogens (tertiary/aromatic N) is 1. The highest BCUT2D eigenvalue weighted by Gasteiger charge is 2.35. The number of methoxy groups -OCH3 is 1. The molecule has 3 amide bonds. The van der Waals surface area contributed by atoms with E-state index in [1.54, 1.807) is 0 Å². The van der Waals surface area contributed by atoms with Crippen LogP contribution in [0, 0.1) is 0 Å². The van der Waals surface area contributed by atoms with Crippen molar-refractivity contribution in [3.63, 3.8) is 0 Å². The second-order valence-electron chi connectivity index (χ2n) is 8.81. The van der Waals surface area contributed by atoms with Crippen LogP contribution in [0.1, 0.15) is 35.7 Å². The molecule has 216 valence electrons. The molecule has 0 aliphatic carbocycles. The van der Waals surface area contributed by atoms with Crippen LogP contribution in [0.5, 0.6) is 17.2 Å². The third kappa shape index (κ3) is 7.53. The lowest BCUT2D eigenvalue weighted by molar-refractivity contribution is -0.128. The predicted octanol–water partition coefficient (Wildman–Crippen LogP) is 0.0880. The molecule has 1 aliphatic rings. The zero-order chi connectivity index (χ0) is 29.4. The predicted molar refractivity (Wildman–Crippen MR) is 141 cm³/mol. The summed E-state index contributed by atoms with van der Waals surface area (Å²) in [6.45, 7) is 1.22. The number of rotatable bonds is 12. The Kier molecular flexibility index (Phi) is 9.77. The van der Waals surface area contributed by atoms with Crippen molar-refractivity contribution in [3.8, 4) is 17.2 Å². The van der Waals surface area contributed by atoms with Crippen LogP contribution in [0.3, 0.4) is 0 Å². The van der Waals surface area contributed by atoms with Gasteiger partial charge in [0.1, 0.15) is 35.4 Å². The van der Waals surface area contributed by atoms with Gasteiger partial charge in [0.05, 0.1) is 19.4 Å². The molecule has 2 aromatic rings. The Bertz CT molecular complexity index is 1400. The van der Waals surface area contributed by atoms with Crippen molar-refractivity contribution in [3.05, 3.63) is 47.5 Å². The van der Waals surface area contributed by atoms with Crippen molar-refractivity contribution < 1.29 is 47.3 Å². The summed E-state index contributed by atoms with van der Waals surface area (Å²) in [5.74, 6) is -2.91. The Labute approximate surface area is 230 Å². The minimum absolute atomic E-state index is 0.0000995. The molecule has 1 heterocycles. The second-order valence-corrected chi connectivity index (χ2v) is 10.4. The van der Waals surface area contributed by atoms with Gasteiger partial charge in [-0.05, 0) is 42.7 Å². The van der Waals surface area contributed by atoms with E-state index in [-0.39, 0.29) is 42.3 Å². The lowest BCUT2D eigenvalue weighted by Crippen LogP contribution is -2.47. The summed E-state index contributed by atoms with van der Waals surface area (Å²) in [6, 6.07) is 7.47. The standard InChI is InChI=1S/C25H30N4O10S/c1-15(30)27-17(12-16-8-9-18(20(32)13-16)29-14-22(33)28-40(29,36)37)24(34)26-10-3-4-11-39-21-7-5-6-19(31)23(21)25(35)38-2/h5-9,13,17,31-32H,3-4,10-12,14H2,1-2H3,(H,26,34)(H,27,30)(H,28,33)/t17-/m0/s1. The zero-order valence-corrected chi connectivity index (χ0v) is 22.6. The first-order valence-electron chi connectivity index (χ1n) is 12.2. The lowest BCUT2D eigenvalue weighted by atomic mass is 10.0. The number of hydrogen-bond donors (Lipinski definition) is 5. The summed E-state index contributed by atoms with van der Waals surface area (Å²) in [5, 5.41) is 25.6. The quantitative estimate of drug-likeness (QED) is 0.170. The van der Waals surface area contributed by atoms with E-state index in [2.05, 4.69) is 15.4 Å². The average molecular weight is 579 g/mol. The van der Waals surface area contributed by atoms with Crippen molar-refractivity contribution in [1.82, 2.24) is 15.4 Å². The van der Waals surface area contributed by atoms with Gasteiger partial charge >= 0.3 is 16.2 Å². The zero-order valence-electron chi connectivity index (χ0n) is 21.8. The fraction of sp³-hybridized carbons (Fsp3) is 0.360. The van der Waals surface area contributed by atoms with Gasteiger partial charge in [-0.3, -0.25) is 14.4 Å². The number of unbranched alkanes of at least 4 members (excludes halogenated alkanes) is 1. The van der Waals surface area contributed by atoms with E-state index in [0.717, 1.165) is 4.31 Å². The molecule has 14 nitrogen and oxygen atoms in total. The maximum atomic E-state index is 12.8. The summed E-state index contributed by atoms with van der Waals surface area (Å²) < 4.78 is 36.9. The Morgan fingerprint density at radius 2 is 1.88 bits per heavy atom. The van der Waals surface area contributed by atoms with Crippen LogP contribution in [0.2, 0.25) is 0 Å². The summed E-state index contributed by atoms with van der Waals surface area (Å²) in [7, 11) is -2.92. The molecule has 0 aromatic heterocycles. The number of benzene rings is 2. The van der Waals surface area contributed by atoms with Gasteiger partial charge in [0, 0.05) is 19.9 Å². The molecule has 1 aliphatic heterocycles. The number of hydrogen-bond acceptors (Lipinski definition) is 10. The average Bonchev–Trinajstić information content (AvgIpc) is 3.16. The van der Waals surface area contributed by atoms with Crippen LogP contribution >= 0.6 is 0 Å². The number of nitrogens with one attached hydrogen (secondary N) is 3. The van der Waals surface area contributed by atoms with Crippen LogP contribution in [-0.4, -0.2) is 75.2 Å². The number of carbonyl (C=O) groups is 4. The van der Waals surface area contributed by atoms with Gasteiger partial charge < -0.3 is 30.3 Å². The minimum atomic E-state index is -4.11. The summed E-state index contributed by atoms with van der Waals surface area (Å²) in [5.41, 5.74) is 0.254. The molecule has 1 saturated heterocycles. The molecule has 5 N–H and O–H groups in total. The van der Waals surface area contributed by atoms with E-state index in [0.29, 0.717) is 18.4 Å². The molecular formula is C25H30N4O10S. The van der Waals surface area contributed by atoms with Gasteiger partial charge in [-0.1, -0.05) is 12.1 Å². The molecule has 0 saturated carbocycles. The van der Waals surface area contributed by atoms with Crippen molar-refractivity contribution in [1.29, 1.82) is 0 Å². The molecular weight excluding hydrogens is 548 g/mol. The normalized spacial score (nSPS) is 14.7. The van der Waals surface area contributed by atoms with Crippen LogP contribution in [0.25, 0.3) is 0 Å². The number of aromatic hydroxyl groups is 2. The SMILES string of the molecule is COC(=O)c1c(O)cccc1OCCCCNC(=O)[C@H](Cc1ccc(N2CC(=O)NS2(=O)=O)c(O)c1)NC(C)=O. The minimum Gasteiger partial charge on any atom is -0.507 e. The Hall–Kier alpha value is -4.53. The first-order chi connectivity index (χ1) is 18.9. The number of phenolic OH excluding ortho intramolecular Hbond substituents is 2. The Morgan fingerprint density at radius 1 is 1.12 bits per heavy atom. The number of amides is 3. The molecule has 40 heavy (non-hydrogen) atoms. The topological polar surface area (TPSA) is 201 Å². The van der Waals surface area contributed by atoms with Crippen molar-refractivity contribution in [2.75, 3.05) is 31.1 Å². The maximum absolute atomic E-state index is 12.8. The van der Waals surface area contributed by atoms with E-state index in [9.17, 15) is 37.8 Å². The van der Waals surface area contributed by atoms with E-state index < -0.39 is 52.2 Å². The number of anilines is 1. The Morgan fingerprint density at radius 3 is 2.50 bits per heavy atom. The van der Waals surface area contributed by atoms with Gasteiger partial charge in [0.15, 0.2) is 0 Å². The van der Waals surface area contributed by atoms with E-state index >= 15 is 0 Å². The van der Waals surface area contributed by atoms with E-state index in [4.69, 9.17) is 4.74 Å². The molecule has 15 heteroatoms. The van der Waals surface area contributed by atoms with Gasteiger partial charge in [-0.25, -0.2) is 13.8 Å². The first kappa shape index (κ1) is 30.0. The molecule has 0 radical (unpaired) electrons. The highest BCUT2D eigenvalue weighted by molar-refractivity contribution is 7.92. The highest BCUT2D eigenvalue weighted by atomic mass is 32.2. The summed E-state index contributed by atoms with van der Waals surface area (Å²) >= 11 is 0. The van der Waals surface area contributed by atoms with Gasteiger partial charge in [0.25, 0.3) is 5.91 Å². The largest absolute Gasteiger partial charge is 0.507 e. The number of phenols is 2. The lowest BCUT2D eigenvalue weighted by Gasteiger charge is -2.20. The third-order valence-corrected chi connectivity index (χ3v) is 7.18. The van der Waals surface area contributed by atoms with Crippen molar-refractivity contribution >= 4 is 39.6 Å². The molecule has 1 atom stereocenters. The van der Waals surface area contributed by atoms with E-state index in [1.807, 2.05) is 4.72 Å². The molecule has 0 bridgehead atoms. The monoisotopic (exact) mass is 578 g/mol. The molecule has 1 fully saturated rings. The number of esters is 1. The first-order valence-corrected chi connectivity index (χ1v) is 13.6. The maximum Gasteiger partial charge on any atom is 0.345 e. The fourth-order valence-electron chi connectivity index (χ4n) is 3.95. The second kappa shape index (κ2) is 13.0. The summed E-state index contributed by atoms with van der Waals surface area (Å²) in [6.07, 6.45) is 0.991. The van der Waals surface area contributed by atoms with Crippen LogP contribution < -0.4 is 24.4 Å². The highest BCUT2D eigenvalue weighted by Crippen LogP contribution is 2.32. The van der Waals surface area contributed by atoms with Crippen LogP contribution in [0.4, 0.5) is 5.69 Å². The molecule has 0 spiro atoms. The molecule has 0 unspecified atom stereocenters. The van der Waals surface area contributed by atoms with Gasteiger partial charge in [-0.2, -0.15) is 8.42 Å². The molecule has 2 aromatic carbocycles. The van der Waals surface area contributed by atoms with Gasteiger partial charge in [0.2, 0.25) is 11.8 Å². The molecule has 3 rings (SSSR count). The van der Waals surface area contributed by atoms with Crippen LogP contribution in [-0.2, 0) is 35.8 Å². The van der Waals surface area contributed by atoms with Crippen molar-refractivity contribution in [2.24, 2.45) is 0 Å². The Balaban J connectivity index is 1.54. The number of carbonyl (C=O) groups excluding carboxylic acids is 4. The smallest absolute Gasteiger partial charge is 0.345 e. The van der Waals surface area contributed by atoms with Gasteiger partial charge in [-0.15, -0.1) is 0 Å².